The van der Waals surface area contributed by atoms with Crippen LogP contribution < -0.4 is 4.90 Å². The third-order valence-corrected chi connectivity index (χ3v) is 9.20. The minimum absolute atomic E-state index is 0.0280. The Bertz CT molecular complexity index is 1200. The zero-order chi connectivity index (χ0) is 28.4. The van der Waals surface area contributed by atoms with Crippen molar-refractivity contribution in [3.63, 3.8) is 0 Å². The van der Waals surface area contributed by atoms with Gasteiger partial charge in [0, 0.05) is 50.5 Å². The van der Waals surface area contributed by atoms with E-state index in [-0.39, 0.29) is 29.3 Å². The van der Waals surface area contributed by atoms with E-state index in [1.165, 1.54) is 6.08 Å². The predicted molar refractivity (Wildman–Crippen MR) is 157 cm³/mol. The minimum Gasteiger partial charge on any atom is -0.507 e. The number of nitrogens with zero attached hydrogens (tertiary/aromatic N) is 5. The molecule has 0 aliphatic carbocycles. The van der Waals surface area contributed by atoms with Crippen LogP contribution in [0.5, 0.6) is 5.75 Å². The maximum Gasteiger partial charge on any atom is 0.245 e. The molecule has 0 radical (unpaired) electrons. The number of aromatic hydroxyl groups is 1. The molecule has 3 fully saturated rings. The molecule has 0 bridgehead atoms. The van der Waals surface area contributed by atoms with Crippen molar-refractivity contribution in [2.45, 2.75) is 57.7 Å². The Morgan fingerprint density at radius 2 is 2.00 bits per heavy atom. The van der Waals surface area contributed by atoms with Crippen LogP contribution in [-0.4, -0.2) is 101 Å². The molecule has 3 aliphatic heterocycles. The highest BCUT2D eigenvalue weighted by molar-refractivity contribution is 6.34. The van der Waals surface area contributed by atoms with Gasteiger partial charge in [0.15, 0.2) is 5.82 Å². The zero-order valence-corrected chi connectivity index (χ0v) is 24.7. The zero-order valence-electron chi connectivity index (χ0n) is 23.9. The summed E-state index contributed by atoms with van der Waals surface area (Å²) >= 11 is 6.75. The molecule has 1 N–H and O–H groups in total. The molecule has 1 aromatic heterocycles. The first-order chi connectivity index (χ1) is 19.3. The number of hydrogen-bond donors (Lipinski definition) is 1. The Labute approximate surface area is 242 Å². The van der Waals surface area contributed by atoms with Crippen LogP contribution in [0.15, 0.2) is 30.9 Å². The predicted octanol–water partition coefficient (Wildman–Crippen LogP) is 4.27. The van der Waals surface area contributed by atoms with Crippen LogP contribution in [0.2, 0.25) is 5.02 Å². The Balaban J connectivity index is 1.49. The summed E-state index contributed by atoms with van der Waals surface area (Å²) < 4.78 is 13.7. The van der Waals surface area contributed by atoms with Gasteiger partial charge in [-0.15, -0.1) is 0 Å². The average Bonchev–Trinajstić information content (AvgIpc) is 3.29. The lowest BCUT2D eigenvalue weighted by Gasteiger charge is -2.50. The smallest absolute Gasteiger partial charge is 0.245 e. The normalized spacial score (nSPS) is 24.9. The number of hydrogen-bond acceptors (Lipinski definition) is 7. The number of piperidine rings is 1. The fraction of sp³-hybridized carbons (Fsp3) is 0.600. The van der Waals surface area contributed by atoms with Crippen LogP contribution in [0, 0.1) is 6.92 Å². The fourth-order valence-electron chi connectivity index (χ4n) is 6.47. The third kappa shape index (κ3) is 5.62. The molecule has 4 heterocycles. The van der Waals surface area contributed by atoms with Crippen molar-refractivity contribution in [2.75, 3.05) is 64.0 Å². The third-order valence-electron chi connectivity index (χ3n) is 8.89. The quantitative estimate of drug-likeness (QED) is 0.497. The summed E-state index contributed by atoms with van der Waals surface area (Å²) in [6.07, 6.45) is 4.01. The largest absolute Gasteiger partial charge is 0.507 e. The van der Waals surface area contributed by atoms with Crippen molar-refractivity contribution >= 4 is 23.3 Å². The highest BCUT2D eigenvalue weighted by Gasteiger charge is 2.41. The van der Waals surface area contributed by atoms with E-state index < -0.39 is 0 Å². The first-order valence-electron chi connectivity index (χ1n) is 14.4. The molecular formula is C30H42ClN5O4. The number of rotatable bonds is 7. The number of ether oxygens (including phenoxy) is 2. The number of phenolic OH excluding ortho intramolecular Hbond substituents is 1. The molecule has 9 nitrogen and oxygen atoms in total. The Hall–Kier alpha value is -2.59. The van der Waals surface area contributed by atoms with Crippen molar-refractivity contribution in [3.8, 4) is 16.9 Å². The van der Waals surface area contributed by atoms with Gasteiger partial charge in [0.25, 0.3) is 0 Å². The molecule has 2 aromatic rings. The van der Waals surface area contributed by atoms with Gasteiger partial charge in [-0.05, 0) is 51.3 Å². The summed E-state index contributed by atoms with van der Waals surface area (Å²) in [5.74, 6) is 0.973. The van der Waals surface area contributed by atoms with Crippen LogP contribution in [0.3, 0.4) is 0 Å². The Morgan fingerprint density at radius 1 is 1.23 bits per heavy atom. The number of phenols is 1. The van der Waals surface area contributed by atoms with Gasteiger partial charge in [-0.25, -0.2) is 0 Å². The number of piperazine rings is 1. The van der Waals surface area contributed by atoms with Crippen LogP contribution in [0.25, 0.3) is 11.1 Å². The van der Waals surface area contributed by atoms with E-state index in [0.717, 1.165) is 62.5 Å². The van der Waals surface area contributed by atoms with Crippen molar-refractivity contribution in [1.82, 2.24) is 19.6 Å². The van der Waals surface area contributed by atoms with E-state index in [2.05, 4.69) is 41.8 Å². The second kappa shape index (κ2) is 12.1. The van der Waals surface area contributed by atoms with Crippen LogP contribution >= 0.6 is 11.6 Å². The number of likely N-dealkylation sites (tertiary alicyclic amines) is 1. The number of anilines is 1. The first kappa shape index (κ1) is 28.9. The lowest BCUT2D eigenvalue weighted by atomic mass is 9.91. The number of carbonyl (C=O) groups excluding carboxylic acids is 1. The summed E-state index contributed by atoms with van der Waals surface area (Å²) in [5, 5.41) is 16.8. The van der Waals surface area contributed by atoms with E-state index >= 15 is 0 Å². The van der Waals surface area contributed by atoms with E-state index in [1.807, 2.05) is 11.0 Å². The van der Waals surface area contributed by atoms with E-state index in [1.54, 1.807) is 12.1 Å². The number of benzene rings is 1. The van der Waals surface area contributed by atoms with Crippen molar-refractivity contribution < 1.29 is 19.4 Å². The van der Waals surface area contributed by atoms with Gasteiger partial charge in [0.1, 0.15) is 5.75 Å². The van der Waals surface area contributed by atoms with E-state index in [4.69, 9.17) is 26.2 Å². The molecule has 1 aromatic carbocycles. The minimum atomic E-state index is -0.190. The van der Waals surface area contributed by atoms with Gasteiger partial charge in [0.2, 0.25) is 5.91 Å². The summed E-state index contributed by atoms with van der Waals surface area (Å²) in [6.45, 7) is 16.9. The molecule has 218 valence electrons. The second-order valence-corrected chi connectivity index (χ2v) is 11.8. The lowest BCUT2D eigenvalue weighted by molar-refractivity contribution is -0.127. The van der Waals surface area contributed by atoms with Crippen molar-refractivity contribution in [3.05, 3.63) is 41.6 Å². The number of aromatic nitrogens is 2. The summed E-state index contributed by atoms with van der Waals surface area (Å²) in [7, 11) is 0. The van der Waals surface area contributed by atoms with Crippen molar-refractivity contribution in [1.29, 1.82) is 0 Å². The summed E-state index contributed by atoms with van der Waals surface area (Å²) in [5.41, 5.74) is 2.28. The van der Waals surface area contributed by atoms with E-state index in [0.29, 0.717) is 43.5 Å². The van der Waals surface area contributed by atoms with Gasteiger partial charge in [-0.3, -0.25) is 14.4 Å². The van der Waals surface area contributed by atoms with Crippen LogP contribution in [0.4, 0.5) is 5.82 Å². The van der Waals surface area contributed by atoms with Gasteiger partial charge in [0.05, 0.1) is 48.1 Å². The Morgan fingerprint density at radius 3 is 2.65 bits per heavy atom. The summed E-state index contributed by atoms with van der Waals surface area (Å²) in [4.78, 5) is 18.9. The molecule has 10 heteroatoms. The van der Waals surface area contributed by atoms with Crippen molar-refractivity contribution in [2.24, 2.45) is 0 Å². The number of halogens is 1. The first-order valence-corrected chi connectivity index (χ1v) is 14.8. The monoisotopic (exact) mass is 571 g/mol. The maximum absolute atomic E-state index is 12.2. The van der Waals surface area contributed by atoms with Crippen LogP contribution in [-0.2, 0) is 14.3 Å². The molecular weight excluding hydrogens is 530 g/mol. The molecule has 0 unspecified atom stereocenters. The molecule has 1 amide bonds. The average molecular weight is 572 g/mol. The second-order valence-electron chi connectivity index (χ2n) is 11.4. The fourth-order valence-corrected chi connectivity index (χ4v) is 6.73. The molecule has 2 atom stereocenters. The summed E-state index contributed by atoms with van der Waals surface area (Å²) in [6, 6.07) is 5.41. The van der Waals surface area contributed by atoms with Crippen LogP contribution in [0.1, 0.15) is 44.8 Å². The van der Waals surface area contributed by atoms with Gasteiger partial charge < -0.3 is 24.4 Å². The highest BCUT2D eigenvalue weighted by Crippen LogP contribution is 2.46. The highest BCUT2D eigenvalue weighted by atomic mass is 35.5. The van der Waals surface area contributed by atoms with Gasteiger partial charge in [-0.2, -0.15) is 5.10 Å². The number of amides is 1. The SMILES string of the molecule is C=CC(=O)N1CCC(n2nc(N3CCN(C[C@@H]4COCCO4)C[C@]3(C)CC)c(-c3c(O)cccc3Cl)c2C)CC1. The maximum atomic E-state index is 12.2. The molecule has 5 rings (SSSR count). The molecule has 0 spiro atoms. The molecule has 3 aliphatic rings. The lowest BCUT2D eigenvalue weighted by Crippen LogP contribution is -2.62. The van der Waals surface area contributed by atoms with E-state index in [9.17, 15) is 9.90 Å². The Kier molecular flexibility index (Phi) is 8.75. The molecule has 40 heavy (non-hydrogen) atoms. The number of carbonyl (C=O) groups is 1. The molecule has 0 saturated carbocycles. The standard InChI is InChI=1S/C30H42ClN5O4/c1-5-26(38)34-12-10-22(11-13-34)36-21(3)27(28-24(31)8-7-9-25(28)37)29(32-36)35-15-14-33(20-30(35,4)6-2)18-23-19-39-16-17-40-23/h5,7-9,22-23,37H,1,6,10-20H2,2-4H3/t23-,30+/m1/s1. The molecule has 3 saturated heterocycles. The van der Waals surface area contributed by atoms with Gasteiger partial charge >= 0.3 is 0 Å². The van der Waals surface area contributed by atoms with Gasteiger partial charge in [-0.1, -0.05) is 31.2 Å². The topological polar surface area (TPSA) is 83.3 Å².